The van der Waals surface area contributed by atoms with Gasteiger partial charge in [-0.3, -0.25) is 0 Å². The number of esters is 1. The monoisotopic (exact) mass is 336 g/mol. The van der Waals surface area contributed by atoms with E-state index in [4.69, 9.17) is 4.74 Å². The van der Waals surface area contributed by atoms with Gasteiger partial charge in [0.2, 0.25) is 8.87 Å². The first-order valence-corrected chi connectivity index (χ1v) is 8.75. The van der Waals surface area contributed by atoms with Gasteiger partial charge in [0.1, 0.15) is 6.10 Å². The van der Waals surface area contributed by atoms with Crippen molar-refractivity contribution in [3.63, 3.8) is 0 Å². The highest BCUT2D eigenvalue weighted by atomic mass is 79.9. The molecule has 0 radical (unpaired) electrons. The number of hydrogen-bond donors (Lipinski definition) is 0. The normalized spacial score (nSPS) is 22.3. The zero-order valence-electron chi connectivity index (χ0n) is 8.63. The fourth-order valence-electron chi connectivity index (χ4n) is 1.41. The van der Waals surface area contributed by atoms with E-state index >= 15 is 0 Å². The van der Waals surface area contributed by atoms with Crippen LogP contribution in [-0.4, -0.2) is 32.0 Å². The van der Waals surface area contributed by atoms with Gasteiger partial charge in [0, 0.05) is 10.2 Å². The van der Waals surface area contributed by atoms with Crippen molar-refractivity contribution in [1.29, 1.82) is 0 Å². The minimum atomic E-state index is -3.11. The molecule has 4 nitrogen and oxygen atoms in total. The van der Waals surface area contributed by atoms with Gasteiger partial charge in [-0.2, -0.15) is 0 Å². The molecular formula is C10H9BrO4S2. The highest BCUT2D eigenvalue weighted by Crippen LogP contribution is 2.27. The van der Waals surface area contributed by atoms with Crippen molar-refractivity contribution in [1.82, 2.24) is 0 Å². The smallest absolute Gasteiger partial charge is 0.339 e. The van der Waals surface area contributed by atoms with E-state index in [1.165, 1.54) is 0 Å². The van der Waals surface area contributed by atoms with Crippen LogP contribution in [0.2, 0.25) is 0 Å². The quantitative estimate of drug-likeness (QED) is 0.611. The van der Waals surface area contributed by atoms with Gasteiger partial charge in [0.05, 0.1) is 11.3 Å². The molecule has 0 spiro atoms. The Bertz CT molecular complexity index is 541. The molecule has 1 saturated heterocycles. The summed E-state index contributed by atoms with van der Waals surface area (Å²) in [5, 5.41) is 0. The topological polar surface area (TPSA) is 60.4 Å². The Balaban J connectivity index is 2.06. The molecule has 1 atom stereocenters. The van der Waals surface area contributed by atoms with Gasteiger partial charge in [-0.1, -0.05) is 12.1 Å². The fourth-order valence-corrected chi connectivity index (χ4v) is 5.11. The maximum absolute atomic E-state index is 11.8. The largest absolute Gasteiger partial charge is 0.457 e. The molecule has 0 saturated carbocycles. The van der Waals surface area contributed by atoms with Crippen LogP contribution in [0, 0.1) is 0 Å². The Labute approximate surface area is 111 Å². The third kappa shape index (κ3) is 3.23. The zero-order chi connectivity index (χ0) is 12.5. The van der Waals surface area contributed by atoms with E-state index in [9.17, 15) is 13.2 Å². The number of carbonyl (C=O) groups excluding carboxylic acids is 1. The van der Waals surface area contributed by atoms with Gasteiger partial charge in [-0.25, -0.2) is 13.2 Å². The molecule has 17 heavy (non-hydrogen) atoms. The number of ether oxygens (including phenoxy) is 1. The summed E-state index contributed by atoms with van der Waals surface area (Å²) in [7, 11) is -2.27. The zero-order valence-corrected chi connectivity index (χ0v) is 11.8. The molecule has 1 aliphatic heterocycles. The van der Waals surface area contributed by atoms with Crippen molar-refractivity contribution < 1.29 is 17.9 Å². The highest BCUT2D eigenvalue weighted by molar-refractivity contribution is 9.10. The molecule has 1 aromatic rings. The van der Waals surface area contributed by atoms with Gasteiger partial charge in [-0.05, 0) is 38.9 Å². The maximum Gasteiger partial charge on any atom is 0.339 e. The number of halogens is 1. The van der Waals surface area contributed by atoms with Crippen molar-refractivity contribution in [3.8, 4) is 0 Å². The van der Waals surface area contributed by atoms with Crippen molar-refractivity contribution in [2.45, 2.75) is 6.10 Å². The minimum Gasteiger partial charge on any atom is -0.457 e. The molecule has 1 fully saturated rings. The lowest BCUT2D eigenvalue weighted by molar-refractivity contribution is 0.0395. The second kappa shape index (κ2) is 4.99. The number of benzene rings is 1. The van der Waals surface area contributed by atoms with Gasteiger partial charge in [0.15, 0.2) is 0 Å². The summed E-state index contributed by atoms with van der Waals surface area (Å²) in [6, 6.07) is 6.87. The Morgan fingerprint density at radius 3 is 2.71 bits per heavy atom. The lowest BCUT2D eigenvalue weighted by Gasteiger charge is -2.10. The van der Waals surface area contributed by atoms with Crippen LogP contribution in [0.25, 0.3) is 0 Å². The Morgan fingerprint density at radius 2 is 2.12 bits per heavy atom. The molecule has 0 amide bonds. The van der Waals surface area contributed by atoms with Crippen LogP contribution in [0.3, 0.4) is 0 Å². The summed E-state index contributed by atoms with van der Waals surface area (Å²) < 4.78 is 28.2. The average molecular weight is 337 g/mol. The highest BCUT2D eigenvalue weighted by Gasteiger charge is 2.32. The van der Waals surface area contributed by atoms with Gasteiger partial charge in [0.25, 0.3) is 0 Å². The van der Waals surface area contributed by atoms with Gasteiger partial charge >= 0.3 is 5.97 Å². The summed E-state index contributed by atoms with van der Waals surface area (Å²) in [6.45, 7) is 0. The van der Waals surface area contributed by atoms with Crippen LogP contribution in [0.5, 0.6) is 0 Å². The summed E-state index contributed by atoms with van der Waals surface area (Å²) in [5.74, 6) is -0.299. The van der Waals surface area contributed by atoms with E-state index in [0.717, 1.165) is 10.8 Å². The predicted molar refractivity (Wildman–Crippen MR) is 69.6 cm³/mol. The van der Waals surface area contributed by atoms with E-state index < -0.39 is 20.9 Å². The van der Waals surface area contributed by atoms with E-state index in [-0.39, 0.29) is 5.75 Å². The van der Waals surface area contributed by atoms with Crippen molar-refractivity contribution in [2.75, 3.05) is 11.5 Å². The van der Waals surface area contributed by atoms with Gasteiger partial charge < -0.3 is 4.74 Å². The van der Waals surface area contributed by atoms with Crippen molar-refractivity contribution in [3.05, 3.63) is 34.3 Å². The Morgan fingerprint density at radius 1 is 1.41 bits per heavy atom. The van der Waals surface area contributed by atoms with Crippen molar-refractivity contribution >= 4 is 41.6 Å². The first-order valence-electron chi connectivity index (χ1n) is 4.80. The average Bonchev–Trinajstić information content (AvgIpc) is 2.58. The van der Waals surface area contributed by atoms with E-state index in [2.05, 4.69) is 15.9 Å². The summed E-state index contributed by atoms with van der Waals surface area (Å²) in [6.07, 6.45) is -0.551. The summed E-state index contributed by atoms with van der Waals surface area (Å²) in [5.41, 5.74) is 0.404. The standard InChI is InChI=1S/C10H9BrO4S2/c11-9-4-2-1-3-8(9)10(12)15-7-5-16-17(13,14)6-7/h1-4,7H,5-6H2. The third-order valence-electron chi connectivity index (χ3n) is 2.19. The van der Waals surface area contributed by atoms with E-state index in [1.807, 2.05) is 0 Å². The number of carbonyl (C=O) groups is 1. The van der Waals surface area contributed by atoms with Gasteiger partial charge in [-0.15, -0.1) is 0 Å². The molecule has 1 aromatic carbocycles. The molecule has 0 aromatic heterocycles. The fraction of sp³-hybridized carbons (Fsp3) is 0.300. The van der Waals surface area contributed by atoms with Crippen LogP contribution >= 0.6 is 26.7 Å². The number of rotatable bonds is 2. The number of hydrogen-bond acceptors (Lipinski definition) is 5. The van der Waals surface area contributed by atoms with E-state index in [0.29, 0.717) is 15.8 Å². The molecule has 0 bridgehead atoms. The second-order valence-electron chi connectivity index (χ2n) is 3.52. The first-order chi connectivity index (χ1) is 7.98. The van der Waals surface area contributed by atoms with Crippen molar-refractivity contribution in [2.24, 2.45) is 0 Å². The van der Waals surface area contributed by atoms with Crippen LogP contribution < -0.4 is 0 Å². The van der Waals surface area contributed by atoms with Crippen LogP contribution in [-0.2, 0) is 13.6 Å². The first kappa shape index (κ1) is 12.9. The second-order valence-corrected chi connectivity index (χ2v) is 8.62. The molecule has 1 aliphatic rings. The molecule has 0 aliphatic carbocycles. The minimum absolute atomic E-state index is 0.103. The molecular weight excluding hydrogens is 328 g/mol. The van der Waals surface area contributed by atoms with Crippen LogP contribution in [0.15, 0.2) is 28.7 Å². The van der Waals surface area contributed by atoms with E-state index in [1.54, 1.807) is 24.3 Å². The lowest BCUT2D eigenvalue weighted by atomic mass is 10.2. The SMILES string of the molecule is O=C(OC1CSS(=O)(=O)C1)c1ccccc1Br. The molecule has 7 heteroatoms. The summed E-state index contributed by atoms with van der Waals surface area (Å²) >= 11 is 3.24. The lowest BCUT2D eigenvalue weighted by Crippen LogP contribution is -2.21. The Hall–Kier alpha value is -0.530. The van der Waals surface area contributed by atoms with Crippen LogP contribution in [0.4, 0.5) is 0 Å². The molecule has 92 valence electrons. The summed E-state index contributed by atoms with van der Waals surface area (Å²) in [4.78, 5) is 11.8. The molecule has 1 heterocycles. The molecule has 2 rings (SSSR count). The molecule has 1 unspecified atom stereocenters. The third-order valence-corrected chi connectivity index (χ3v) is 6.42. The molecule has 0 N–H and O–H groups in total. The Kier molecular flexibility index (Phi) is 3.79. The predicted octanol–water partition coefficient (Wildman–Crippen LogP) is 2.05. The maximum atomic E-state index is 11.8. The van der Waals surface area contributed by atoms with Crippen LogP contribution in [0.1, 0.15) is 10.4 Å².